The van der Waals surface area contributed by atoms with Gasteiger partial charge in [-0.15, -0.1) is 0 Å². The largest absolute Gasteiger partial charge is 0.439 e. The van der Waals surface area contributed by atoms with Crippen molar-refractivity contribution in [1.82, 2.24) is 9.55 Å². The zero-order valence-corrected chi connectivity index (χ0v) is 14.9. The standard InChI is InChI=1S/C23H22N2O/c1-3-5-11-20(4-2)21-12-14-22(15-13-21)26-23-16-24-18-25(23)17-19-9-7-6-8-10-19/h3-16,18H,2,17H2,1H3/b5-3-,20-11+. The maximum Gasteiger partial charge on any atom is 0.219 e. The maximum atomic E-state index is 6.01. The molecule has 0 bridgehead atoms. The highest BCUT2D eigenvalue weighted by molar-refractivity contribution is 5.74. The summed E-state index contributed by atoms with van der Waals surface area (Å²) in [6, 6.07) is 18.2. The molecule has 0 aliphatic rings. The zero-order valence-electron chi connectivity index (χ0n) is 14.9. The summed E-state index contributed by atoms with van der Waals surface area (Å²) >= 11 is 0. The molecule has 0 radical (unpaired) electrons. The van der Waals surface area contributed by atoms with Crippen molar-refractivity contribution >= 4 is 5.57 Å². The molecule has 1 heterocycles. The summed E-state index contributed by atoms with van der Waals surface area (Å²) in [5, 5.41) is 0. The van der Waals surface area contributed by atoms with Gasteiger partial charge >= 0.3 is 0 Å². The molecule has 0 spiro atoms. The Balaban J connectivity index is 1.74. The van der Waals surface area contributed by atoms with Crippen LogP contribution in [0.2, 0.25) is 0 Å². The van der Waals surface area contributed by atoms with Crippen LogP contribution in [0, 0.1) is 0 Å². The number of imidazole rings is 1. The molecule has 0 fully saturated rings. The maximum absolute atomic E-state index is 6.01. The van der Waals surface area contributed by atoms with Gasteiger partial charge in [0.2, 0.25) is 5.88 Å². The summed E-state index contributed by atoms with van der Waals surface area (Å²) in [5.41, 5.74) is 3.38. The Morgan fingerprint density at radius 3 is 2.58 bits per heavy atom. The van der Waals surface area contributed by atoms with Gasteiger partial charge < -0.3 is 4.74 Å². The molecular formula is C23H22N2O. The fraction of sp³-hybridized carbons (Fsp3) is 0.0870. The number of allylic oxidation sites excluding steroid dienone is 5. The molecule has 0 atom stereocenters. The van der Waals surface area contributed by atoms with Gasteiger partial charge in [0.15, 0.2) is 0 Å². The molecule has 26 heavy (non-hydrogen) atoms. The quantitative estimate of drug-likeness (QED) is 0.502. The molecule has 0 saturated carbocycles. The summed E-state index contributed by atoms with van der Waals surface area (Å²) in [5.74, 6) is 1.49. The molecule has 3 rings (SSSR count). The second-order valence-corrected chi connectivity index (χ2v) is 5.82. The predicted octanol–water partition coefficient (Wildman–Crippen LogP) is 5.87. The third kappa shape index (κ3) is 4.39. The Bertz CT molecular complexity index is 903. The highest BCUT2D eigenvalue weighted by atomic mass is 16.5. The summed E-state index contributed by atoms with van der Waals surface area (Å²) in [4.78, 5) is 4.22. The number of hydrogen-bond donors (Lipinski definition) is 0. The number of ether oxygens (including phenoxy) is 1. The Morgan fingerprint density at radius 1 is 1.12 bits per heavy atom. The minimum Gasteiger partial charge on any atom is -0.439 e. The molecule has 0 aliphatic carbocycles. The summed E-state index contributed by atoms with van der Waals surface area (Å²) in [6.07, 6.45) is 11.4. The second-order valence-electron chi connectivity index (χ2n) is 5.82. The first-order valence-corrected chi connectivity index (χ1v) is 8.58. The van der Waals surface area contributed by atoms with Crippen LogP contribution in [0.15, 0.2) is 98.0 Å². The van der Waals surface area contributed by atoms with Crippen LogP contribution in [0.3, 0.4) is 0 Å². The molecule has 1 aromatic heterocycles. The van der Waals surface area contributed by atoms with E-state index < -0.39 is 0 Å². The Labute approximate surface area is 154 Å². The van der Waals surface area contributed by atoms with Crippen LogP contribution in [-0.4, -0.2) is 9.55 Å². The Kier molecular flexibility index (Phi) is 5.84. The lowest BCUT2D eigenvalue weighted by atomic mass is 10.1. The smallest absolute Gasteiger partial charge is 0.219 e. The molecule has 3 aromatic rings. The number of rotatable bonds is 7. The minimum absolute atomic E-state index is 0.718. The van der Waals surface area contributed by atoms with E-state index in [1.807, 2.05) is 78.3 Å². The van der Waals surface area contributed by atoms with Gasteiger partial charge in [-0.2, -0.15) is 0 Å². The van der Waals surface area contributed by atoms with E-state index in [-0.39, 0.29) is 0 Å². The van der Waals surface area contributed by atoms with Gasteiger partial charge in [-0.3, -0.25) is 4.57 Å². The van der Waals surface area contributed by atoms with Crippen LogP contribution >= 0.6 is 0 Å². The predicted molar refractivity (Wildman–Crippen MR) is 107 cm³/mol. The number of hydrogen-bond acceptors (Lipinski definition) is 2. The van der Waals surface area contributed by atoms with Crippen molar-refractivity contribution in [2.24, 2.45) is 0 Å². The van der Waals surface area contributed by atoms with E-state index in [0.717, 1.165) is 29.3 Å². The van der Waals surface area contributed by atoms with Gasteiger partial charge in [-0.05, 0) is 35.8 Å². The minimum atomic E-state index is 0.718. The fourth-order valence-corrected chi connectivity index (χ4v) is 2.61. The molecule has 0 aliphatic heterocycles. The van der Waals surface area contributed by atoms with Crippen molar-refractivity contribution in [2.75, 3.05) is 0 Å². The van der Waals surface area contributed by atoms with Crippen LogP contribution in [0.4, 0.5) is 0 Å². The van der Waals surface area contributed by atoms with E-state index in [2.05, 4.69) is 23.7 Å². The number of benzene rings is 2. The lowest BCUT2D eigenvalue weighted by Gasteiger charge is -2.10. The van der Waals surface area contributed by atoms with Gasteiger partial charge in [-0.25, -0.2) is 4.98 Å². The van der Waals surface area contributed by atoms with Gasteiger partial charge in [0.1, 0.15) is 5.75 Å². The van der Waals surface area contributed by atoms with Crippen LogP contribution in [0.1, 0.15) is 18.1 Å². The molecule has 2 aromatic carbocycles. The van der Waals surface area contributed by atoms with Crippen LogP contribution in [-0.2, 0) is 6.54 Å². The average molecular weight is 342 g/mol. The molecule has 0 amide bonds. The number of aromatic nitrogens is 2. The van der Waals surface area contributed by atoms with Gasteiger partial charge in [0.25, 0.3) is 0 Å². The van der Waals surface area contributed by atoms with Crippen molar-refractivity contribution in [3.8, 4) is 11.6 Å². The topological polar surface area (TPSA) is 27.1 Å². The monoisotopic (exact) mass is 342 g/mol. The van der Waals surface area contributed by atoms with Crippen molar-refractivity contribution in [3.05, 3.63) is 109 Å². The highest BCUT2D eigenvalue weighted by Gasteiger charge is 2.06. The molecule has 0 unspecified atom stereocenters. The number of nitrogens with zero attached hydrogens (tertiary/aromatic N) is 2. The first-order chi connectivity index (χ1) is 12.8. The van der Waals surface area contributed by atoms with E-state index in [4.69, 9.17) is 4.74 Å². The van der Waals surface area contributed by atoms with Crippen LogP contribution in [0.5, 0.6) is 11.6 Å². The zero-order chi connectivity index (χ0) is 18.2. The van der Waals surface area contributed by atoms with Gasteiger partial charge in [0, 0.05) is 0 Å². The van der Waals surface area contributed by atoms with Gasteiger partial charge in [0.05, 0.1) is 19.1 Å². The lowest BCUT2D eigenvalue weighted by Crippen LogP contribution is -2.00. The molecule has 0 saturated heterocycles. The van der Waals surface area contributed by atoms with Crippen molar-refractivity contribution in [3.63, 3.8) is 0 Å². The van der Waals surface area contributed by atoms with Crippen molar-refractivity contribution < 1.29 is 4.74 Å². The highest BCUT2D eigenvalue weighted by Crippen LogP contribution is 2.24. The molecule has 0 N–H and O–H groups in total. The fourth-order valence-electron chi connectivity index (χ4n) is 2.61. The molecule has 3 heteroatoms. The third-order valence-electron chi connectivity index (χ3n) is 3.97. The van der Waals surface area contributed by atoms with Crippen molar-refractivity contribution in [2.45, 2.75) is 13.5 Å². The lowest BCUT2D eigenvalue weighted by molar-refractivity contribution is 0.436. The third-order valence-corrected chi connectivity index (χ3v) is 3.97. The second kappa shape index (κ2) is 8.67. The first kappa shape index (κ1) is 17.5. The van der Waals surface area contributed by atoms with E-state index in [1.54, 1.807) is 12.5 Å². The van der Waals surface area contributed by atoms with Gasteiger partial charge in [-0.1, -0.05) is 73.3 Å². The van der Waals surface area contributed by atoms with Crippen LogP contribution < -0.4 is 4.74 Å². The van der Waals surface area contributed by atoms with E-state index in [1.165, 1.54) is 5.56 Å². The first-order valence-electron chi connectivity index (χ1n) is 8.58. The Morgan fingerprint density at radius 2 is 1.88 bits per heavy atom. The van der Waals surface area contributed by atoms with Crippen molar-refractivity contribution in [1.29, 1.82) is 0 Å². The summed E-state index contributed by atoms with van der Waals surface area (Å²) in [6.45, 7) is 6.60. The van der Waals surface area contributed by atoms with Crippen LogP contribution in [0.25, 0.3) is 5.57 Å². The molecular weight excluding hydrogens is 320 g/mol. The van der Waals surface area contributed by atoms with E-state index >= 15 is 0 Å². The average Bonchev–Trinajstić information content (AvgIpc) is 3.11. The van der Waals surface area contributed by atoms with E-state index in [0.29, 0.717) is 0 Å². The Hall–Kier alpha value is -3.33. The SMILES string of the molecule is C=C/C(=C\C=C/C)c1ccc(Oc2cncn2Cc2ccccc2)cc1. The summed E-state index contributed by atoms with van der Waals surface area (Å²) < 4.78 is 8.00. The summed E-state index contributed by atoms with van der Waals surface area (Å²) in [7, 11) is 0. The van der Waals surface area contributed by atoms with E-state index in [9.17, 15) is 0 Å². The molecule has 3 nitrogen and oxygen atoms in total. The molecule has 130 valence electrons. The normalized spacial score (nSPS) is 11.7.